The third kappa shape index (κ3) is 3.89. The molecule has 1 nitrogen and oxygen atoms in total. The molecule has 2 heterocycles. The molecule has 1 unspecified atom stereocenters. The van der Waals surface area contributed by atoms with Crippen LogP contribution in [0.25, 0.3) is 38.6 Å². The summed E-state index contributed by atoms with van der Waals surface area (Å²) in [5.41, 5.74) is 15.8. The van der Waals surface area contributed by atoms with Crippen LogP contribution in [-0.4, -0.2) is 4.57 Å². The highest BCUT2D eigenvalue weighted by Gasteiger charge is 2.51. The minimum atomic E-state index is -0.457. The molecule has 11 rings (SSSR count). The molecule has 3 aliphatic carbocycles. The van der Waals surface area contributed by atoms with E-state index in [0.717, 1.165) is 12.8 Å². The monoisotopic (exact) mass is 671 g/mol. The van der Waals surface area contributed by atoms with Gasteiger partial charge in [-0.1, -0.05) is 147 Å². The van der Waals surface area contributed by atoms with Crippen LogP contribution in [0.5, 0.6) is 0 Å². The quantitative estimate of drug-likeness (QED) is 0.168. The second-order valence-electron chi connectivity index (χ2n) is 15.2. The predicted octanol–water partition coefficient (Wildman–Crippen LogP) is 12.5. The molecule has 0 saturated carbocycles. The van der Waals surface area contributed by atoms with Gasteiger partial charge >= 0.3 is 0 Å². The largest absolute Gasteiger partial charge is 0.309 e. The normalized spacial score (nSPS) is 19.9. The molecule has 0 amide bonds. The minimum absolute atomic E-state index is 0.0311. The number of nitrogens with zero attached hydrogens (tertiary/aromatic N) is 1. The summed E-state index contributed by atoms with van der Waals surface area (Å²) in [5.74, 6) is 0.428. The molecule has 6 aromatic carbocycles. The molecule has 1 aliphatic heterocycles. The van der Waals surface area contributed by atoms with Gasteiger partial charge in [0.2, 0.25) is 0 Å². The van der Waals surface area contributed by atoms with Crippen molar-refractivity contribution in [2.24, 2.45) is 5.92 Å². The number of fused-ring (bicyclic) bond motifs is 14. The number of aromatic nitrogens is 1. The van der Waals surface area contributed by atoms with E-state index in [0.29, 0.717) is 5.92 Å². The average Bonchev–Trinajstić information content (AvgIpc) is 3.59. The summed E-state index contributed by atoms with van der Waals surface area (Å²) in [4.78, 5) is 2.66. The van der Waals surface area contributed by atoms with Crippen molar-refractivity contribution in [2.75, 3.05) is 0 Å². The fourth-order valence-electron chi connectivity index (χ4n) is 10.0. The number of benzene rings is 6. The van der Waals surface area contributed by atoms with Crippen LogP contribution in [0, 0.1) is 5.92 Å². The van der Waals surface area contributed by atoms with E-state index in [9.17, 15) is 0 Å². The van der Waals surface area contributed by atoms with Gasteiger partial charge in [0.25, 0.3) is 0 Å². The molecule has 1 aromatic heterocycles. The zero-order chi connectivity index (χ0) is 33.9. The molecule has 2 heteroatoms. The maximum Gasteiger partial charge on any atom is 0.0755 e. The van der Waals surface area contributed by atoms with Crippen LogP contribution in [-0.2, 0) is 17.3 Å². The third-order valence-electron chi connectivity index (χ3n) is 12.4. The average molecular weight is 672 g/mol. The number of hydrogen-bond acceptors (Lipinski definition) is 1. The molecule has 0 saturated heterocycles. The van der Waals surface area contributed by atoms with Crippen molar-refractivity contribution in [3.63, 3.8) is 0 Å². The van der Waals surface area contributed by atoms with Crippen molar-refractivity contribution in [1.82, 2.24) is 4.57 Å². The Labute approximate surface area is 303 Å². The topological polar surface area (TPSA) is 4.93 Å². The minimum Gasteiger partial charge on any atom is -0.309 e. The molecular weight excluding hydrogens is 635 g/mol. The van der Waals surface area contributed by atoms with Crippen LogP contribution in [0.4, 0.5) is 0 Å². The summed E-state index contributed by atoms with van der Waals surface area (Å²) < 4.78 is 2.62. The molecular formula is C49H37NS. The highest BCUT2D eigenvalue weighted by molar-refractivity contribution is 7.99. The summed E-state index contributed by atoms with van der Waals surface area (Å²) >= 11 is 1.91. The van der Waals surface area contributed by atoms with Gasteiger partial charge in [0.1, 0.15) is 0 Å². The molecule has 2 bridgehead atoms. The molecule has 51 heavy (non-hydrogen) atoms. The van der Waals surface area contributed by atoms with Gasteiger partial charge < -0.3 is 4.57 Å². The van der Waals surface area contributed by atoms with E-state index in [1.165, 1.54) is 87.4 Å². The highest BCUT2D eigenvalue weighted by Crippen LogP contribution is 2.63. The molecule has 1 spiro atoms. The van der Waals surface area contributed by atoms with Gasteiger partial charge in [0, 0.05) is 26.1 Å². The second-order valence-corrected chi connectivity index (χ2v) is 16.3. The number of hydrogen-bond donors (Lipinski definition) is 0. The van der Waals surface area contributed by atoms with Crippen LogP contribution in [0.15, 0.2) is 173 Å². The Bertz CT molecular complexity index is 2670. The first kappa shape index (κ1) is 29.4. The maximum absolute atomic E-state index is 2.62. The summed E-state index contributed by atoms with van der Waals surface area (Å²) in [6.45, 7) is 4.93. The lowest BCUT2D eigenvalue weighted by Gasteiger charge is -2.40. The lowest BCUT2D eigenvalue weighted by molar-refractivity contribution is 0.385. The Morgan fingerprint density at radius 1 is 0.627 bits per heavy atom. The molecule has 0 fully saturated rings. The molecule has 4 aliphatic rings. The van der Waals surface area contributed by atoms with E-state index in [4.69, 9.17) is 0 Å². The Morgan fingerprint density at radius 2 is 1.33 bits per heavy atom. The van der Waals surface area contributed by atoms with E-state index in [2.05, 4.69) is 176 Å². The Morgan fingerprint density at radius 3 is 2.16 bits per heavy atom. The first-order valence-electron chi connectivity index (χ1n) is 18.3. The van der Waals surface area contributed by atoms with Gasteiger partial charge in [0.15, 0.2) is 0 Å². The van der Waals surface area contributed by atoms with Gasteiger partial charge in [-0.15, -0.1) is 0 Å². The first-order valence-corrected chi connectivity index (χ1v) is 19.1. The number of para-hydroxylation sites is 1. The van der Waals surface area contributed by atoms with Crippen molar-refractivity contribution < 1.29 is 0 Å². The van der Waals surface area contributed by atoms with E-state index in [1.54, 1.807) is 0 Å². The SMILES string of the molecule is CC1(C)c2cc3c(cc2CC2=CC1C/C=C\C=C/2)c1ccccc1n3-c1cccc2c1C1(c3ccccc3Sc3ccccc31)c1ccccc1-2. The Kier molecular flexibility index (Phi) is 6.12. The molecule has 7 aromatic rings. The van der Waals surface area contributed by atoms with Crippen molar-refractivity contribution in [1.29, 1.82) is 0 Å². The summed E-state index contributed by atoms with van der Waals surface area (Å²) in [7, 11) is 0. The lowest BCUT2D eigenvalue weighted by Crippen LogP contribution is -2.33. The highest BCUT2D eigenvalue weighted by atomic mass is 32.2. The maximum atomic E-state index is 2.62. The first-order chi connectivity index (χ1) is 25.0. The van der Waals surface area contributed by atoms with E-state index < -0.39 is 5.41 Å². The predicted molar refractivity (Wildman–Crippen MR) is 213 cm³/mol. The van der Waals surface area contributed by atoms with E-state index >= 15 is 0 Å². The summed E-state index contributed by atoms with van der Waals surface area (Å²) in [6, 6.07) is 48.7. The van der Waals surface area contributed by atoms with Crippen molar-refractivity contribution in [3.8, 4) is 16.8 Å². The smallest absolute Gasteiger partial charge is 0.0755 e. The van der Waals surface area contributed by atoms with Crippen molar-refractivity contribution in [3.05, 3.63) is 197 Å². The van der Waals surface area contributed by atoms with E-state index in [1.807, 2.05) is 11.8 Å². The van der Waals surface area contributed by atoms with Gasteiger partial charge in [-0.05, 0) is 105 Å². The van der Waals surface area contributed by atoms with Gasteiger partial charge in [-0.3, -0.25) is 0 Å². The molecule has 1 atom stereocenters. The van der Waals surface area contributed by atoms with Crippen molar-refractivity contribution >= 4 is 33.6 Å². The summed E-state index contributed by atoms with van der Waals surface area (Å²) in [5, 5.41) is 2.64. The fourth-order valence-corrected chi connectivity index (χ4v) is 11.2. The zero-order valence-electron chi connectivity index (χ0n) is 28.9. The molecule has 0 radical (unpaired) electrons. The van der Waals surface area contributed by atoms with Crippen LogP contribution in [0.1, 0.15) is 53.6 Å². The molecule has 244 valence electrons. The Hall–Kier alpha value is -5.31. The van der Waals surface area contributed by atoms with Crippen LogP contribution >= 0.6 is 11.8 Å². The van der Waals surface area contributed by atoms with Gasteiger partial charge in [-0.25, -0.2) is 0 Å². The van der Waals surface area contributed by atoms with Crippen molar-refractivity contribution in [2.45, 2.75) is 47.3 Å². The summed E-state index contributed by atoms with van der Waals surface area (Å²) in [6.07, 6.45) is 13.7. The second kappa shape index (κ2) is 10.6. The van der Waals surface area contributed by atoms with Crippen LogP contribution < -0.4 is 0 Å². The number of rotatable bonds is 1. The van der Waals surface area contributed by atoms with E-state index in [-0.39, 0.29) is 5.41 Å². The molecule has 0 N–H and O–H groups in total. The Balaban J connectivity index is 1.28. The van der Waals surface area contributed by atoms with Gasteiger partial charge in [0.05, 0.1) is 22.1 Å². The van der Waals surface area contributed by atoms with Crippen LogP contribution in [0.2, 0.25) is 0 Å². The zero-order valence-corrected chi connectivity index (χ0v) is 29.7. The fraction of sp³-hybridized carbons (Fsp3) is 0.143. The number of allylic oxidation sites excluding steroid dienone is 6. The standard InChI is InChI=1S/C49H37NS/c1-48(2)33-16-5-3-4-15-31(28-33)27-32-29-37-35-18-7-11-23-42(35)50(44(37)30-41(32)48)43-24-14-19-36-34-17-6-8-20-38(34)49(47(36)43)39-21-9-12-25-45(39)51-46-26-13-10-22-40(46)49/h3-15,17-26,28-30,33H,16,27H2,1-2H3/b5-3-,15-4-. The van der Waals surface area contributed by atoms with Crippen LogP contribution in [0.3, 0.4) is 0 Å². The van der Waals surface area contributed by atoms with Gasteiger partial charge in [-0.2, -0.15) is 0 Å². The third-order valence-corrected chi connectivity index (χ3v) is 13.5. The lowest BCUT2D eigenvalue weighted by atomic mass is 9.67.